The van der Waals surface area contributed by atoms with Gasteiger partial charge in [-0.15, -0.1) is 25.6 Å². The molecule has 0 saturated carbocycles. The van der Waals surface area contributed by atoms with Crippen molar-refractivity contribution in [2.45, 2.75) is 12.8 Å². The first-order valence-electron chi connectivity index (χ1n) is 5.84. The molecule has 0 spiro atoms. The van der Waals surface area contributed by atoms with E-state index >= 15 is 0 Å². The van der Waals surface area contributed by atoms with Gasteiger partial charge in [-0.1, -0.05) is 0 Å². The summed E-state index contributed by atoms with van der Waals surface area (Å²) in [5, 5.41) is 0. The molecule has 1 aliphatic carbocycles. The summed E-state index contributed by atoms with van der Waals surface area (Å²) in [7, 11) is 3.71. The average molecular weight is 310 g/mol. The second-order valence-corrected chi connectivity index (χ2v) is 4.89. The molecule has 1 unspecified atom stereocenters. The molecule has 0 saturated heterocycles. The van der Waals surface area contributed by atoms with Gasteiger partial charge < -0.3 is 9.64 Å². The lowest BCUT2D eigenvalue weighted by molar-refractivity contribution is -0.274. The van der Waals surface area contributed by atoms with E-state index in [1.165, 1.54) is 18.2 Å². The number of carbonyl (C=O) groups is 1. The van der Waals surface area contributed by atoms with E-state index in [2.05, 4.69) is 4.74 Å². The van der Waals surface area contributed by atoms with E-state index in [-0.39, 0.29) is 29.9 Å². The van der Waals surface area contributed by atoms with Crippen molar-refractivity contribution in [3.63, 3.8) is 0 Å². The van der Waals surface area contributed by atoms with Crippen molar-refractivity contribution in [3.05, 3.63) is 29.3 Å². The van der Waals surface area contributed by atoms with E-state index in [0.29, 0.717) is 24.1 Å². The van der Waals surface area contributed by atoms with Crippen LogP contribution in [0.15, 0.2) is 18.2 Å². The first kappa shape index (κ1) is 16.8. The molecule has 0 N–H and O–H groups in total. The van der Waals surface area contributed by atoms with E-state index in [9.17, 15) is 18.0 Å². The van der Waals surface area contributed by atoms with Crippen LogP contribution in [0, 0.1) is 5.92 Å². The number of benzene rings is 1. The van der Waals surface area contributed by atoms with E-state index < -0.39 is 6.36 Å². The Kier molecular flexibility index (Phi) is 5.05. The minimum Gasteiger partial charge on any atom is -0.406 e. The summed E-state index contributed by atoms with van der Waals surface area (Å²) in [6.45, 7) is 0.586. The summed E-state index contributed by atoms with van der Waals surface area (Å²) in [6, 6.07) is 3.90. The van der Waals surface area contributed by atoms with E-state index in [1.54, 1.807) is 0 Å². The minimum absolute atomic E-state index is 0. The number of Topliss-reactive ketones (excluding diaryl/α,β-unsaturated/α-hetero) is 1. The number of nitrogens with zero attached hydrogens (tertiary/aromatic N) is 1. The fourth-order valence-corrected chi connectivity index (χ4v) is 2.34. The Morgan fingerprint density at radius 2 is 2.00 bits per heavy atom. The van der Waals surface area contributed by atoms with E-state index in [0.717, 1.165) is 0 Å². The fourth-order valence-electron chi connectivity index (χ4n) is 2.34. The molecule has 0 bridgehead atoms. The van der Waals surface area contributed by atoms with Crippen molar-refractivity contribution in [1.82, 2.24) is 4.90 Å². The Bertz CT molecular complexity index is 503. The highest BCUT2D eigenvalue weighted by Gasteiger charge is 2.34. The van der Waals surface area contributed by atoms with Gasteiger partial charge in [0.1, 0.15) is 5.75 Å². The highest BCUT2D eigenvalue weighted by atomic mass is 35.5. The molecule has 7 heteroatoms. The lowest BCUT2D eigenvalue weighted by Gasteiger charge is -2.13. The molecule has 1 atom stereocenters. The molecule has 1 aromatic rings. The third-order valence-corrected chi connectivity index (χ3v) is 3.00. The maximum atomic E-state index is 12.1. The zero-order valence-corrected chi connectivity index (χ0v) is 11.8. The number of halogens is 4. The number of alkyl halides is 3. The average Bonchev–Trinajstić information content (AvgIpc) is 2.52. The van der Waals surface area contributed by atoms with Crippen LogP contribution in [0.4, 0.5) is 13.2 Å². The summed E-state index contributed by atoms with van der Waals surface area (Å²) in [6.07, 6.45) is -4.25. The standard InChI is InChI=1S/C13H14F3NO2.ClH/c1-17(2)7-9-5-8-6-10(19-13(14,15)16)3-4-11(8)12(9)18;/h3-4,6,9H,5,7H2,1-2H3;1H. The zero-order chi connectivity index (χ0) is 14.2. The Morgan fingerprint density at radius 3 is 2.55 bits per heavy atom. The van der Waals surface area contributed by atoms with Gasteiger partial charge >= 0.3 is 6.36 Å². The Morgan fingerprint density at radius 1 is 1.35 bits per heavy atom. The number of carbonyl (C=O) groups excluding carboxylic acids is 1. The van der Waals surface area contributed by atoms with Crippen molar-refractivity contribution in [1.29, 1.82) is 0 Å². The molecule has 0 radical (unpaired) electrons. The fraction of sp³-hybridized carbons (Fsp3) is 0.462. The first-order valence-corrected chi connectivity index (χ1v) is 5.84. The smallest absolute Gasteiger partial charge is 0.406 e. The normalized spacial score (nSPS) is 17.9. The maximum absolute atomic E-state index is 12.1. The molecule has 3 nitrogen and oxygen atoms in total. The third kappa shape index (κ3) is 3.86. The molecule has 20 heavy (non-hydrogen) atoms. The van der Waals surface area contributed by atoms with Gasteiger partial charge in [0.2, 0.25) is 0 Å². The second kappa shape index (κ2) is 6.01. The molecule has 1 aliphatic rings. The van der Waals surface area contributed by atoms with Gasteiger partial charge in [0, 0.05) is 18.0 Å². The SMILES string of the molecule is CN(C)CC1Cc2cc(OC(F)(F)F)ccc2C1=O.Cl. The summed E-state index contributed by atoms with van der Waals surface area (Å²) < 4.78 is 40.2. The number of hydrogen-bond acceptors (Lipinski definition) is 3. The maximum Gasteiger partial charge on any atom is 0.573 e. The monoisotopic (exact) mass is 309 g/mol. The number of rotatable bonds is 3. The van der Waals surface area contributed by atoms with E-state index in [1.807, 2.05) is 19.0 Å². The molecule has 0 heterocycles. The molecule has 112 valence electrons. The molecular weight excluding hydrogens is 295 g/mol. The Balaban J connectivity index is 0.00000200. The van der Waals surface area contributed by atoms with Crippen molar-refractivity contribution in [2.24, 2.45) is 5.92 Å². The molecule has 2 rings (SSSR count). The molecule has 0 fully saturated rings. The van der Waals surface area contributed by atoms with Crippen LogP contribution < -0.4 is 4.74 Å². The van der Waals surface area contributed by atoms with Crippen LogP contribution in [0.1, 0.15) is 15.9 Å². The van der Waals surface area contributed by atoms with Crippen molar-refractivity contribution < 1.29 is 22.7 Å². The molecule has 0 aromatic heterocycles. The lowest BCUT2D eigenvalue weighted by atomic mass is 10.1. The summed E-state index contributed by atoms with van der Waals surface area (Å²) in [5.41, 5.74) is 1.12. The largest absolute Gasteiger partial charge is 0.573 e. The van der Waals surface area contributed by atoms with Crippen LogP contribution in [-0.4, -0.2) is 37.7 Å². The Hall–Kier alpha value is -1.27. The van der Waals surface area contributed by atoms with Crippen molar-refractivity contribution in [3.8, 4) is 5.75 Å². The van der Waals surface area contributed by atoms with Gasteiger partial charge in [0.05, 0.1) is 0 Å². The Labute approximate surface area is 121 Å². The van der Waals surface area contributed by atoms with Gasteiger partial charge in [-0.05, 0) is 44.3 Å². The summed E-state index contributed by atoms with van der Waals surface area (Å²) >= 11 is 0. The van der Waals surface area contributed by atoms with E-state index in [4.69, 9.17) is 0 Å². The highest BCUT2D eigenvalue weighted by molar-refractivity contribution is 6.02. The predicted molar refractivity (Wildman–Crippen MR) is 70.5 cm³/mol. The predicted octanol–water partition coefficient (Wildman–Crippen LogP) is 2.92. The zero-order valence-electron chi connectivity index (χ0n) is 11.0. The summed E-state index contributed by atoms with van der Waals surface area (Å²) in [5.74, 6) is -0.474. The van der Waals surface area contributed by atoms with Crippen molar-refractivity contribution in [2.75, 3.05) is 20.6 Å². The second-order valence-electron chi connectivity index (χ2n) is 4.89. The first-order chi connectivity index (χ1) is 8.76. The van der Waals surface area contributed by atoms with Gasteiger partial charge in [-0.3, -0.25) is 4.79 Å². The number of fused-ring (bicyclic) bond motifs is 1. The van der Waals surface area contributed by atoms with Gasteiger partial charge in [0.15, 0.2) is 5.78 Å². The molecule has 1 aromatic carbocycles. The van der Waals surface area contributed by atoms with Crippen LogP contribution in [0.3, 0.4) is 0 Å². The molecular formula is C13H15ClF3NO2. The third-order valence-electron chi connectivity index (χ3n) is 3.00. The number of hydrogen-bond donors (Lipinski definition) is 0. The van der Waals surface area contributed by atoms with Crippen LogP contribution >= 0.6 is 12.4 Å². The van der Waals surface area contributed by atoms with Crippen LogP contribution in [0.2, 0.25) is 0 Å². The molecule has 0 aliphatic heterocycles. The minimum atomic E-state index is -4.71. The summed E-state index contributed by atoms with van der Waals surface area (Å²) in [4.78, 5) is 13.9. The quantitative estimate of drug-likeness (QED) is 0.860. The van der Waals surface area contributed by atoms with Crippen LogP contribution in [-0.2, 0) is 6.42 Å². The van der Waals surface area contributed by atoms with Crippen LogP contribution in [0.25, 0.3) is 0 Å². The number of ketones is 1. The molecule has 0 amide bonds. The van der Waals surface area contributed by atoms with Gasteiger partial charge in [-0.25, -0.2) is 0 Å². The topological polar surface area (TPSA) is 29.5 Å². The highest BCUT2D eigenvalue weighted by Crippen LogP contribution is 2.32. The van der Waals surface area contributed by atoms with Crippen LogP contribution in [0.5, 0.6) is 5.75 Å². The van der Waals surface area contributed by atoms with Crippen molar-refractivity contribution >= 4 is 18.2 Å². The van der Waals surface area contributed by atoms with Gasteiger partial charge in [-0.2, -0.15) is 0 Å². The van der Waals surface area contributed by atoms with Gasteiger partial charge in [0.25, 0.3) is 0 Å². The number of ether oxygens (including phenoxy) is 1. The lowest BCUT2D eigenvalue weighted by Crippen LogP contribution is -2.25.